The summed E-state index contributed by atoms with van der Waals surface area (Å²) < 4.78 is 5.65. The molecular formula is C16H21NO2. The van der Waals surface area contributed by atoms with Crippen molar-refractivity contribution >= 4 is 5.91 Å². The van der Waals surface area contributed by atoms with Crippen LogP contribution in [0.2, 0.25) is 0 Å². The van der Waals surface area contributed by atoms with Crippen LogP contribution in [0.15, 0.2) is 30.7 Å². The predicted octanol–water partition coefficient (Wildman–Crippen LogP) is 3.70. The minimum absolute atomic E-state index is 0.00638. The average molecular weight is 259 g/mol. The Hall–Kier alpha value is -1.77. The van der Waals surface area contributed by atoms with Gasteiger partial charge in [0.2, 0.25) is 0 Å². The van der Waals surface area contributed by atoms with E-state index in [0.29, 0.717) is 17.2 Å². The second kappa shape index (κ2) is 4.41. The molecule has 0 atom stereocenters. The van der Waals surface area contributed by atoms with Crippen molar-refractivity contribution in [3.63, 3.8) is 0 Å². The Morgan fingerprint density at radius 1 is 1.26 bits per heavy atom. The molecule has 1 aromatic rings. The van der Waals surface area contributed by atoms with E-state index in [2.05, 4.69) is 27.4 Å². The van der Waals surface area contributed by atoms with Gasteiger partial charge in [0.25, 0.3) is 5.91 Å². The number of amides is 1. The second-order valence-electron chi connectivity index (χ2n) is 6.23. The highest BCUT2D eigenvalue weighted by Gasteiger charge is 2.31. The van der Waals surface area contributed by atoms with Gasteiger partial charge < -0.3 is 4.74 Å². The first kappa shape index (κ1) is 13.7. The maximum atomic E-state index is 12.5. The molecule has 0 aromatic heterocycles. The van der Waals surface area contributed by atoms with Gasteiger partial charge in [-0.05, 0) is 43.5 Å². The van der Waals surface area contributed by atoms with Crippen molar-refractivity contribution in [2.24, 2.45) is 0 Å². The number of carbonyl (C=O) groups excluding carboxylic acids is 1. The molecule has 0 fully saturated rings. The molecule has 1 amide bonds. The zero-order chi connectivity index (χ0) is 14.4. The van der Waals surface area contributed by atoms with Gasteiger partial charge in [-0.3, -0.25) is 9.69 Å². The zero-order valence-corrected chi connectivity index (χ0v) is 12.3. The van der Waals surface area contributed by atoms with Gasteiger partial charge in [0.05, 0.1) is 5.56 Å². The topological polar surface area (TPSA) is 29.5 Å². The first-order valence-corrected chi connectivity index (χ1v) is 6.56. The lowest BCUT2D eigenvalue weighted by atomic mass is 9.85. The summed E-state index contributed by atoms with van der Waals surface area (Å²) in [7, 11) is 0. The van der Waals surface area contributed by atoms with Crippen molar-refractivity contribution in [3.05, 3.63) is 41.8 Å². The van der Waals surface area contributed by atoms with Crippen LogP contribution >= 0.6 is 0 Å². The van der Waals surface area contributed by atoms with E-state index < -0.39 is 0 Å². The fourth-order valence-electron chi connectivity index (χ4n) is 2.19. The maximum absolute atomic E-state index is 12.5. The minimum atomic E-state index is -0.0349. The van der Waals surface area contributed by atoms with Crippen LogP contribution in [0.1, 0.15) is 50.5 Å². The third kappa shape index (κ3) is 2.37. The van der Waals surface area contributed by atoms with Gasteiger partial charge in [-0.15, -0.1) is 0 Å². The minimum Gasteiger partial charge on any atom is -0.441 e. The fraction of sp³-hybridized carbons (Fsp3) is 0.438. The molecule has 102 valence electrons. The van der Waals surface area contributed by atoms with Gasteiger partial charge in [0.15, 0.2) is 5.88 Å². The summed E-state index contributed by atoms with van der Waals surface area (Å²) in [6, 6.07) is 5.83. The molecule has 0 unspecified atom stereocenters. The van der Waals surface area contributed by atoms with E-state index in [-0.39, 0.29) is 17.4 Å². The van der Waals surface area contributed by atoms with Crippen LogP contribution in [0.4, 0.5) is 0 Å². The Kier molecular flexibility index (Phi) is 3.17. The lowest BCUT2D eigenvalue weighted by Crippen LogP contribution is -2.41. The predicted molar refractivity (Wildman–Crippen MR) is 76.2 cm³/mol. The van der Waals surface area contributed by atoms with Crippen LogP contribution in [-0.4, -0.2) is 16.8 Å². The number of ether oxygens (including phenoxy) is 1. The van der Waals surface area contributed by atoms with E-state index in [4.69, 9.17) is 4.74 Å². The monoisotopic (exact) mass is 259 g/mol. The molecule has 0 spiro atoms. The average Bonchev–Trinajstić information content (AvgIpc) is 2.26. The van der Waals surface area contributed by atoms with E-state index in [0.717, 1.165) is 5.56 Å². The van der Waals surface area contributed by atoms with Crippen molar-refractivity contribution < 1.29 is 9.53 Å². The van der Waals surface area contributed by atoms with E-state index in [1.807, 2.05) is 32.0 Å². The molecule has 0 saturated carbocycles. The molecule has 0 N–H and O–H groups in total. The summed E-state index contributed by atoms with van der Waals surface area (Å²) in [5.74, 6) is 0.961. The fourth-order valence-corrected chi connectivity index (χ4v) is 2.19. The maximum Gasteiger partial charge on any atom is 0.264 e. The van der Waals surface area contributed by atoms with E-state index in [1.54, 1.807) is 4.90 Å². The highest BCUT2D eigenvalue weighted by atomic mass is 16.5. The molecule has 0 aliphatic carbocycles. The summed E-state index contributed by atoms with van der Waals surface area (Å²) in [5.41, 5.74) is 1.75. The van der Waals surface area contributed by atoms with Gasteiger partial charge in [-0.1, -0.05) is 26.8 Å². The third-order valence-corrected chi connectivity index (χ3v) is 3.31. The molecule has 0 bridgehead atoms. The van der Waals surface area contributed by atoms with Crippen LogP contribution in [-0.2, 0) is 5.41 Å². The summed E-state index contributed by atoms with van der Waals surface area (Å²) in [6.07, 6.45) is 0. The highest BCUT2D eigenvalue weighted by molar-refractivity contribution is 5.99. The molecule has 2 rings (SSSR count). The Morgan fingerprint density at radius 2 is 1.89 bits per heavy atom. The Labute approximate surface area is 114 Å². The molecule has 1 aromatic carbocycles. The standard InChI is InChI=1S/C16H21NO2/c1-10(2)17-11(3)19-14-8-7-12(16(4,5)6)9-13(14)15(17)18/h7-10H,3H2,1-2,4-6H3. The lowest BCUT2D eigenvalue weighted by Gasteiger charge is -2.33. The van der Waals surface area contributed by atoms with Gasteiger partial charge >= 0.3 is 0 Å². The van der Waals surface area contributed by atoms with Crippen molar-refractivity contribution in [2.75, 3.05) is 0 Å². The number of hydrogen-bond acceptors (Lipinski definition) is 2. The molecule has 3 heteroatoms. The molecule has 1 aliphatic heterocycles. The summed E-state index contributed by atoms with van der Waals surface area (Å²) in [5, 5.41) is 0. The Bertz CT molecular complexity index is 538. The second-order valence-corrected chi connectivity index (χ2v) is 6.23. The van der Waals surface area contributed by atoms with Crippen LogP contribution < -0.4 is 4.74 Å². The first-order chi connectivity index (χ1) is 8.71. The molecule has 0 radical (unpaired) electrons. The normalized spacial score (nSPS) is 15.6. The molecule has 1 aliphatic rings. The zero-order valence-electron chi connectivity index (χ0n) is 12.3. The number of hydrogen-bond donors (Lipinski definition) is 0. The van der Waals surface area contributed by atoms with Gasteiger partial charge in [-0.25, -0.2) is 0 Å². The van der Waals surface area contributed by atoms with Gasteiger partial charge in [0.1, 0.15) is 5.75 Å². The van der Waals surface area contributed by atoms with Crippen LogP contribution in [0.5, 0.6) is 5.75 Å². The smallest absolute Gasteiger partial charge is 0.264 e. The van der Waals surface area contributed by atoms with Crippen molar-refractivity contribution in [1.29, 1.82) is 0 Å². The van der Waals surface area contributed by atoms with Crippen molar-refractivity contribution in [1.82, 2.24) is 4.90 Å². The van der Waals surface area contributed by atoms with E-state index in [9.17, 15) is 4.79 Å². The van der Waals surface area contributed by atoms with Crippen LogP contribution in [0.3, 0.4) is 0 Å². The highest BCUT2D eigenvalue weighted by Crippen LogP contribution is 2.34. The summed E-state index contributed by atoms with van der Waals surface area (Å²) in [4.78, 5) is 14.1. The number of nitrogens with zero attached hydrogens (tertiary/aromatic N) is 1. The third-order valence-electron chi connectivity index (χ3n) is 3.31. The quantitative estimate of drug-likeness (QED) is 0.769. The molecule has 1 heterocycles. The van der Waals surface area contributed by atoms with Crippen LogP contribution in [0, 0.1) is 0 Å². The van der Waals surface area contributed by atoms with Crippen molar-refractivity contribution in [2.45, 2.75) is 46.1 Å². The van der Waals surface area contributed by atoms with Crippen molar-refractivity contribution in [3.8, 4) is 5.75 Å². The first-order valence-electron chi connectivity index (χ1n) is 6.56. The molecular weight excluding hydrogens is 238 g/mol. The van der Waals surface area contributed by atoms with Crippen LogP contribution in [0.25, 0.3) is 0 Å². The van der Waals surface area contributed by atoms with E-state index in [1.165, 1.54) is 0 Å². The number of carbonyl (C=O) groups is 1. The molecule has 19 heavy (non-hydrogen) atoms. The molecule has 3 nitrogen and oxygen atoms in total. The van der Waals surface area contributed by atoms with E-state index >= 15 is 0 Å². The summed E-state index contributed by atoms with van der Waals surface area (Å²) >= 11 is 0. The summed E-state index contributed by atoms with van der Waals surface area (Å²) in [6.45, 7) is 14.1. The number of fused-ring (bicyclic) bond motifs is 1. The Morgan fingerprint density at radius 3 is 2.42 bits per heavy atom. The lowest BCUT2D eigenvalue weighted by molar-refractivity contribution is 0.0641. The number of benzene rings is 1. The van der Waals surface area contributed by atoms with Gasteiger partial charge in [0, 0.05) is 6.04 Å². The number of rotatable bonds is 1. The molecule has 0 saturated heterocycles. The van der Waals surface area contributed by atoms with Gasteiger partial charge in [-0.2, -0.15) is 0 Å². The Balaban J connectivity index is 2.51. The SMILES string of the molecule is C=C1Oc2ccc(C(C)(C)C)cc2C(=O)N1C(C)C. The largest absolute Gasteiger partial charge is 0.441 e.